The number of nitrogens with zero attached hydrogens (tertiary/aromatic N) is 3. The van der Waals surface area contributed by atoms with Crippen molar-refractivity contribution in [1.82, 2.24) is 19.4 Å². The molecule has 148 valence electrons. The van der Waals surface area contributed by atoms with Crippen molar-refractivity contribution in [2.75, 3.05) is 19.6 Å². The van der Waals surface area contributed by atoms with Crippen LogP contribution in [0.5, 0.6) is 0 Å². The van der Waals surface area contributed by atoms with E-state index in [1.807, 2.05) is 11.8 Å². The highest BCUT2D eigenvalue weighted by Gasteiger charge is 2.63. The zero-order valence-corrected chi connectivity index (χ0v) is 16.3. The van der Waals surface area contributed by atoms with Gasteiger partial charge in [0.15, 0.2) is 0 Å². The Bertz CT molecular complexity index is 864. The number of ether oxygens (including phenoxy) is 1. The number of carbonyl (C=O) groups is 1. The van der Waals surface area contributed by atoms with E-state index < -0.39 is 10.0 Å². The molecule has 1 aromatic heterocycles. The number of hydrogen-bond acceptors (Lipinski definition) is 5. The normalized spacial score (nSPS) is 35.0. The molecule has 5 rings (SSSR count). The van der Waals surface area contributed by atoms with Gasteiger partial charge in [-0.05, 0) is 38.7 Å². The van der Waals surface area contributed by atoms with Gasteiger partial charge >= 0.3 is 0 Å². The van der Waals surface area contributed by atoms with E-state index in [4.69, 9.17) is 4.74 Å². The minimum absolute atomic E-state index is 0.0116. The summed E-state index contributed by atoms with van der Waals surface area (Å²) >= 11 is 0. The molecular formula is C18H26N4O4S. The quantitative estimate of drug-likeness (QED) is 0.763. The summed E-state index contributed by atoms with van der Waals surface area (Å²) in [6.45, 7) is 4.26. The van der Waals surface area contributed by atoms with Crippen LogP contribution in [0.2, 0.25) is 0 Å². The van der Waals surface area contributed by atoms with Crippen LogP contribution in [-0.4, -0.2) is 65.6 Å². The van der Waals surface area contributed by atoms with Gasteiger partial charge in [0.1, 0.15) is 5.69 Å². The Balaban J connectivity index is 1.32. The zero-order valence-electron chi connectivity index (χ0n) is 15.5. The van der Waals surface area contributed by atoms with Crippen LogP contribution in [0.4, 0.5) is 0 Å². The summed E-state index contributed by atoms with van der Waals surface area (Å²) in [5, 5.41) is 3.99. The number of amides is 1. The third-order valence-corrected chi connectivity index (χ3v) is 8.71. The maximum atomic E-state index is 13.0. The molecule has 3 saturated heterocycles. The van der Waals surface area contributed by atoms with Crippen LogP contribution in [0.3, 0.4) is 0 Å². The maximum Gasteiger partial charge on any atom is 0.272 e. The van der Waals surface area contributed by atoms with Crippen LogP contribution < -0.4 is 4.72 Å². The van der Waals surface area contributed by atoms with Crippen molar-refractivity contribution in [2.24, 2.45) is 11.8 Å². The number of rotatable bonds is 6. The van der Waals surface area contributed by atoms with Crippen LogP contribution in [0.25, 0.3) is 0 Å². The summed E-state index contributed by atoms with van der Waals surface area (Å²) in [5.74, 6) is 0.323. The molecule has 1 aliphatic carbocycles. The minimum Gasteiger partial charge on any atom is -0.369 e. The van der Waals surface area contributed by atoms with Crippen molar-refractivity contribution in [2.45, 2.75) is 56.1 Å². The Morgan fingerprint density at radius 1 is 1.41 bits per heavy atom. The van der Waals surface area contributed by atoms with Crippen molar-refractivity contribution < 1.29 is 17.9 Å². The first kappa shape index (κ1) is 17.6. The topological polar surface area (TPSA) is 93.5 Å². The predicted molar refractivity (Wildman–Crippen MR) is 97.6 cm³/mol. The van der Waals surface area contributed by atoms with Gasteiger partial charge in [-0.15, -0.1) is 0 Å². The Morgan fingerprint density at radius 2 is 2.22 bits per heavy atom. The number of sulfonamides is 1. The molecule has 0 radical (unpaired) electrons. The SMILES string of the molecule is CCn1nccc1C(=O)N1C[C@@H]2[C@H](CNS(=O)(=O)C3CC3)[C@H]3CC[C@]2(C1)O3. The molecule has 1 spiro atoms. The predicted octanol–water partition coefficient (Wildman–Crippen LogP) is 0.604. The number of hydrogen-bond donors (Lipinski definition) is 1. The molecule has 3 aliphatic heterocycles. The van der Waals surface area contributed by atoms with E-state index in [9.17, 15) is 13.2 Å². The van der Waals surface area contributed by atoms with Gasteiger partial charge in [0.25, 0.3) is 5.91 Å². The molecule has 0 unspecified atom stereocenters. The first-order valence-corrected chi connectivity index (χ1v) is 11.5. The van der Waals surface area contributed by atoms with Gasteiger partial charge in [0, 0.05) is 37.7 Å². The van der Waals surface area contributed by atoms with Gasteiger partial charge in [-0.2, -0.15) is 5.10 Å². The molecule has 0 aromatic carbocycles. The second-order valence-electron chi connectivity index (χ2n) is 8.34. The molecule has 27 heavy (non-hydrogen) atoms. The van der Waals surface area contributed by atoms with Gasteiger partial charge in [0.05, 0.1) is 23.5 Å². The lowest BCUT2D eigenvalue weighted by atomic mass is 9.74. The first-order valence-electron chi connectivity index (χ1n) is 9.91. The first-order chi connectivity index (χ1) is 12.9. The number of nitrogens with one attached hydrogen (secondary N) is 1. The van der Waals surface area contributed by atoms with E-state index >= 15 is 0 Å². The Hall–Kier alpha value is -1.45. The monoisotopic (exact) mass is 394 g/mol. The van der Waals surface area contributed by atoms with Gasteiger partial charge in [0.2, 0.25) is 10.0 Å². The van der Waals surface area contributed by atoms with Crippen LogP contribution in [0.15, 0.2) is 12.3 Å². The number of likely N-dealkylation sites (tertiary alicyclic amines) is 1. The fourth-order valence-corrected chi connectivity index (χ4v) is 6.67. The highest BCUT2D eigenvalue weighted by atomic mass is 32.2. The van der Waals surface area contributed by atoms with Gasteiger partial charge < -0.3 is 9.64 Å². The van der Waals surface area contributed by atoms with E-state index in [0.717, 1.165) is 25.7 Å². The van der Waals surface area contributed by atoms with Gasteiger partial charge in [-0.1, -0.05) is 0 Å². The lowest BCUT2D eigenvalue weighted by molar-refractivity contribution is 0.00312. The molecule has 4 aliphatic rings. The Labute approximate surface area is 159 Å². The molecule has 1 saturated carbocycles. The lowest BCUT2D eigenvalue weighted by Gasteiger charge is -2.29. The van der Waals surface area contributed by atoms with Gasteiger partial charge in [-0.3, -0.25) is 9.48 Å². The summed E-state index contributed by atoms with van der Waals surface area (Å²) in [6.07, 6.45) is 5.19. The second-order valence-corrected chi connectivity index (χ2v) is 10.4. The molecule has 4 heterocycles. The highest BCUT2D eigenvalue weighted by Crippen LogP contribution is 2.54. The average molecular weight is 394 g/mol. The molecule has 4 atom stereocenters. The Morgan fingerprint density at radius 3 is 2.96 bits per heavy atom. The maximum absolute atomic E-state index is 13.0. The number of aromatic nitrogens is 2. The second kappa shape index (κ2) is 6.02. The average Bonchev–Trinajstić information content (AvgIpc) is 3.04. The zero-order chi connectivity index (χ0) is 18.8. The third kappa shape index (κ3) is 2.74. The molecule has 9 heteroatoms. The van der Waals surface area contributed by atoms with Crippen LogP contribution in [0, 0.1) is 11.8 Å². The standard InChI is InChI=1S/C18H26N4O4S/c1-2-22-15(6-8-19-22)17(23)21-10-14-13(9-20-27(24,25)12-3-4-12)16-5-7-18(14,11-21)26-16/h6,8,12-14,16,20H,2-5,7,9-11H2,1H3/t13-,14+,16+,18+/m0/s1. The van der Waals surface area contributed by atoms with Crippen molar-refractivity contribution in [3.05, 3.63) is 18.0 Å². The molecular weight excluding hydrogens is 368 g/mol. The van der Waals surface area contributed by atoms with E-state index in [0.29, 0.717) is 31.9 Å². The van der Waals surface area contributed by atoms with Gasteiger partial charge in [-0.25, -0.2) is 13.1 Å². The van der Waals surface area contributed by atoms with E-state index in [-0.39, 0.29) is 34.7 Å². The van der Waals surface area contributed by atoms with Crippen LogP contribution in [0.1, 0.15) is 43.1 Å². The third-order valence-electron chi connectivity index (χ3n) is 6.79. The number of aryl methyl sites for hydroxylation is 1. The summed E-state index contributed by atoms with van der Waals surface area (Å²) < 4.78 is 35.3. The van der Waals surface area contributed by atoms with E-state index in [2.05, 4.69) is 9.82 Å². The van der Waals surface area contributed by atoms with Crippen molar-refractivity contribution in [1.29, 1.82) is 0 Å². The summed E-state index contributed by atoms with van der Waals surface area (Å²) in [6, 6.07) is 1.76. The largest absolute Gasteiger partial charge is 0.369 e. The fourth-order valence-electron chi connectivity index (χ4n) is 5.26. The molecule has 4 fully saturated rings. The molecule has 1 aromatic rings. The summed E-state index contributed by atoms with van der Waals surface area (Å²) in [5.41, 5.74) is 0.307. The van der Waals surface area contributed by atoms with Crippen LogP contribution >= 0.6 is 0 Å². The minimum atomic E-state index is -3.19. The molecule has 1 N–H and O–H groups in total. The molecule has 8 nitrogen and oxygen atoms in total. The lowest BCUT2D eigenvalue weighted by Crippen LogP contribution is -2.42. The van der Waals surface area contributed by atoms with Crippen LogP contribution in [-0.2, 0) is 21.3 Å². The van der Waals surface area contributed by atoms with Crippen molar-refractivity contribution >= 4 is 15.9 Å². The van der Waals surface area contributed by atoms with Crippen molar-refractivity contribution in [3.8, 4) is 0 Å². The van der Waals surface area contributed by atoms with Crippen molar-refractivity contribution in [3.63, 3.8) is 0 Å². The molecule has 2 bridgehead atoms. The number of fused-ring (bicyclic) bond motifs is 1. The fraction of sp³-hybridized carbons (Fsp3) is 0.778. The number of carbonyl (C=O) groups excluding carboxylic acids is 1. The van der Waals surface area contributed by atoms with E-state index in [1.54, 1.807) is 16.9 Å². The van der Waals surface area contributed by atoms with E-state index in [1.165, 1.54) is 0 Å². The summed E-state index contributed by atoms with van der Waals surface area (Å²) in [4.78, 5) is 14.9. The summed E-state index contributed by atoms with van der Waals surface area (Å²) in [7, 11) is -3.19. The molecule has 1 amide bonds. The highest BCUT2D eigenvalue weighted by molar-refractivity contribution is 7.90. The Kier molecular flexibility index (Phi) is 3.93. The smallest absolute Gasteiger partial charge is 0.272 e.